The number of rotatable bonds is 3. The molecule has 0 spiro atoms. The van der Waals surface area contributed by atoms with Crippen molar-refractivity contribution in [3.63, 3.8) is 0 Å². The fourth-order valence-electron chi connectivity index (χ4n) is 1.74. The first-order chi connectivity index (χ1) is 7.73. The summed E-state index contributed by atoms with van der Waals surface area (Å²) in [7, 11) is 1.65. The molecule has 0 aromatic heterocycles. The van der Waals surface area contributed by atoms with Gasteiger partial charge in [-0.3, -0.25) is 0 Å². The van der Waals surface area contributed by atoms with E-state index in [1.54, 1.807) is 7.11 Å². The maximum atomic E-state index is 6.00. The molecule has 0 amide bonds. The maximum absolute atomic E-state index is 6.00. The van der Waals surface area contributed by atoms with E-state index in [-0.39, 0.29) is 5.60 Å². The van der Waals surface area contributed by atoms with Crippen molar-refractivity contribution >= 4 is 0 Å². The molecule has 0 saturated heterocycles. The van der Waals surface area contributed by atoms with Crippen LogP contribution in [0.1, 0.15) is 13.3 Å². The van der Waals surface area contributed by atoms with Gasteiger partial charge in [-0.15, -0.1) is 0 Å². The van der Waals surface area contributed by atoms with Crippen LogP contribution < -0.4 is 9.47 Å². The zero-order valence-electron chi connectivity index (χ0n) is 9.64. The van der Waals surface area contributed by atoms with Crippen molar-refractivity contribution < 1.29 is 9.47 Å². The molecule has 0 heterocycles. The van der Waals surface area contributed by atoms with Crippen molar-refractivity contribution in [2.24, 2.45) is 0 Å². The van der Waals surface area contributed by atoms with Gasteiger partial charge in [0.25, 0.3) is 0 Å². The fraction of sp³-hybridized carbons (Fsp3) is 0.286. The SMILES string of the molecule is COc1ccccc1OC1(C)C=CC=CC1. The normalized spacial score (nSPS) is 23.1. The Morgan fingerprint density at radius 3 is 2.50 bits per heavy atom. The van der Waals surface area contributed by atoms with E-state index in [0.29, 0.717) is 0 Å². The van der Waals surface area contributed by atoms with E-state index < -0.39 is 0 Å². The van der Waals surface area contributed by atoms with Gasteiger partial charge >= 0.3 is 0 Å². The summed E-state index contributed by atoms with van der Waals surface area (Å²) in [6.45, 7) is 2.07. The highest BCUT2D eigenvalue weighted by Gasteiger charge is 2.24. The first kappa shape index (κ1) is 10.8. The number of hydrogen-bond donors (Lipinski definition) is 0. The molecule has 2 rings (SSSR count). The molecule has 1 aliphatic rings. The lowest BCUT2D eigenvalue weighted by atomic mass is 9.97. The largest absolute Gasteiger partial charge is 0.493 e. The minimum Gasteiger partial charge on any atom is -0.493 e. The average Bonchev–Trinajstić information content (AvgIpc) is 2.30. The van der Waals surface area contributed by atoms with Crippen LogP contribution in [0, 0.1) is 0 Å². The molecular formula is C14H16O2. The zero-order valence-corrected chi connectivity index (χ0v) is 9.64. The van der Waals surface area contributed by atoms with Gasteiger partial charge in [-0.2, -0.15) is 0 Å². The topological polar surface area (TPSA) is 18.5 Å². The van der Waals surface area contributed by atoms with Crippen molar-refractivity contribution in [1.29, 1.82) is 0 Å². The Bertz CT molecular complexity index is 420. The Balaban J connectivity index is 2.20. The van der Waals surface area contributed by atoms with Gasteiger partial charge in [0.1, 0.15) is 5.60 Å². The highest BCUT2D eigenvalue weighted by atomic mass is 16.5. The van der Waals surface area contributed by atoms with Crippen molar-refractivity contribution in [3.05, 3.63) is 48.6 Å². The second-order valence-electron chi connectivity index (χ2n) is 4.06. The van der Waals surface area contributed by atoms with E-state index in [4.69, 9.17) is 9.47 Å². The van der Waals surface area contributed by atoms with Crippen LogP contribution in [0.15, 0.2) is 48.6 Å². The minimum atomic E-state index is -0.274. The van der Waals surface area contributed by atoms with E-state index in [2.05, 4.69) is 19.1 Å². The maximum Gasteiger partial charge on any atom is 0.162 e. The second kappa shape index (κ2) is 4.44. The van der Waals surface area contributed by atoms with Crippen molar-refractivity contribution in [2.75, 3.05) is 7.11 Å². The molecule has 1 atom stereocenters. The summed E-state index contributed by atoms with van der Waals surface area (Å²) in [5, 5.41) is 0. The Kier molecular flexibility index (Phi) is 3.00. The summed E-state index contributed by atoms with van der Waals surface area (Å²) in [5.74, 6) is 1.55. The van der Waals surface area contributed by atoms with Crippen LogP contribution in [0.3, 0.4) is 0 Å². The molecule has 1 aromatic rings. The second-order valence-corrected chi connectivity index (χ2v) is 4.06. The lowest BCUT2D eigenvalue weighted by Crippen LogP contribution is -2.30. The van der Waals surface area contributed by atoms with Crippen LogP contribution in [0.2, 0.25) is 0 Å². The first-order valence-corrected chi connectivity index (χ1v) is 5.40. The molecule has 0 saturated carbocycles. The molecule has 1 aliphatic carbocycles. The number of para-hydroxylation sites is 2. The van der Waals surface area contributed by atoms with Gasteiger partial charge in [0.15, 0.2) is 11.5 Å². The lowest BCUT2D eigenvalue weighted by Gasteiger charge is -2.28. The smallest absolute Gasteiger partial charge is 0.162 e. The Hall–Kier alpha value is -1.70. The number of hydrogen-bond acceptors (Lipinski definition) is 2. The quantitative estimate of drug-likeness (QED) is 0.771. The van der Waals surface area contributed by atoms with Gasteiger partial charge in [-0.1, -0.05) is 30.4 Å². The summed E-state index contributed by atoms with van der Waals surface area (Å²) in [5.41, 5.74) is -0.274. The van der Waals surface area contributed by atoms with Gasteiger partial charge in [0.05, 0.1) is 7.11 Å². The molecule has 1 aromatic carbocycles. The molecule has 16 heavy (non-hydrogen) atoms. The van der Waals surface area contributed by atoms with E-state index in [0.717, 1.165) is 17.9 Å². The molecule has 0 aliphatic heterocycles. The third-order valence-corrected chi connectivity index (χ3v) is 2.63. The third kappa shape index (κ3) is 2.27. The van der Waals surface area contributed by atoms with Gasteiger partial charge in [0.2, 0.25) is 0 Å². The number of benzene rings is 1. The summed E-state index contributed by atoms with van der Waals surface area (Å²) in [6.07, 6.45) is 9.10. The van der Waals surface area contributed by atoms with E-state index in [1.165, 1.54) is 0 Å². The van der Waals surface area contributed by atoms with Crippen LogP contribution in [0.5, 0.6) is 11.5 Å². The minimum absolute atomic E-state index is 0.274. The predicted octanol–water partition coefficient (Wildman–Crippen LogP) is 3.35. The summed E-state index contributed by atoms with van der Waals surface area (Å²) in [4.78, 5) is 0. The zero-order chi connectivity index (χ0) is 11.4. The fourth-order valence-corrected chi connectivity index (χ4v) is 1.74. The summed E-state index contributed by atoms with van der Waals surface area (Å²) < 4.78 is 11.3. The highest BCUT2D eigenvalue weighted by molar-refractivity contribution is 5.40. The molecule has 84 valence electrons. The van der Waals surface area contributed by atoms with Gasteiger partial charge < -0.3 is 9.47 Å². The van der Waals surface area contributed by atoms with E-state index in [9.17, 15) is 0 Å². The van der Waals surface area contributed by atoms with Crippen molar-refractivity contribution in [2.45, 2.75) is 18.9 Å². The molecule has 0 fully saturated rings. The number of allylic oxidation sites excluding steroid dienone is 2. The molecule has 1 unspecified atom stereocenters. The summed E-state index contributed by atoms with van der Waals surface area (Å²) in [6, 6.07) is 7.71. The first-order valence-electron chi connectivity index (χ1n) is 5.40. The summed E-state index contributed by atoms with van der Waals surface area (Å²) >= 11 is 0. The van der Waals surface area contributed by atoms with Crippen molar-refractivity contribution in [1.82, 2.24) is 0 Å². The van der Waals surface area contributed by atoms with Gasteiger partial charge in [-0.05, 0) is 25.1 Å². The Labute approximate surface area is 96.2 Å². The molecule has 2 nitrogen and oxygen atoms in total. The van der Waals surface area contributed by atoms with Crippen LogP contribution >= 0.6 is 0 Å². The van der Waals surface area contributed by atoms with Crippen LogP contribution in [0.4, 0.5) is 0 Å². The van der Waals surface area contributed by atoms with E-state index >= 15 is 0 Å². The molecule has 2 heteroatoms. The van der Waals surface area contributed by atoms with Gasteiger partial charge in [0, 0.05) is 6.42 Å². The highest BCUT2D eigenvalue weighted by Crippen LogP contribution is 2.32. The lowest BCUT2D eigenvalue weighted by molar-refractivity contribution is 0.137. The van der Waals surface area contributed by atoms with E-state index in [1.807, 2.05) is 36.4 Å². The van der Waals surface area contributed by atoms with Crippen molar-refractivity contribution in [3.8, 4) is 11.5 Å². The monoisotopic (exact) mass is 216 g/mol. The van der Waals surface area contributed by atoms with Crippen LogP contribution in [-0.2, 0) is 0 Å². The number of ether oxygens (including phenoxy) is 2. The van der Waals surface area contributed by atoms with Crippen LogP contribution in [0.25, 0.3) is 0 Å². The molecule has 0 radical (unpaired) electrons. The Morgan fingerprint density at radius 2 is 1.88 bits per heavy atom. The third-order valence-electron chi connectivity index (χ3n) is 2.63. The molecular weight excluding hydrogens is 200 g/mol. The Morgan fingerprint density at radius 1 is 1.12 bits per heavy atom. The van der Waals surface area contributed by atoms with Crippen LogP contribution in [-0.4, -0.2) is 12.7 Å². The average molecular weight is 216 g/mol. The van der Waals surface area contributed by atoms with Gasteiger partial charge in [-0.25, -0.2) is 0 Å². The number of methoxy groups -OCH3 is 1. The predicted molar refractivity (Wildman–Crippen MR) is 64.9 cm³/mol. The molecule has 0 bridgehead atoms. The molecule has 0 N–H and O–H groups in total. The standard InChI is InChI=1S/C14H16O2/c1-14(10-6-3-7-11-14)16-13-9-5-4-8-12(13)15-2/h3-10H,11H2,1-2H3.